The fourth-order valence-corrected chi connectivity index (χ4v) is 2.05. The van der Waals surface area contributed by atoms with Crippen LogP contribution in [0.15, 0.2) is 18.6 Å². The maximum atomic E-state index is 6.05. The van der Waals surface area contributed by atoms with Gasteiger partial charge in [0.25, 0.3) is 0 Å². The van der Waals surface area contributed by atoms with Crippen LogP contribution in [0.4, 0.5) is 0 Å². The molecule has 0 radical (unpaired) electrons. The molecule has 0 N–H and O–H groups in total. The summed E-state index contributed by atoms with van der Waals surface area (Å²) in [6.07, 6.45) is 3.94. The second kappa shape index (κ2) is 5.01. The summed E-state index contributed by atoms with van der Waals surface area (Å²) in [5.41, 5.74) is 1.62. The van der Waals surface area contributed by atoms with E-state index in [0.29, 0.717) is 16.7 Å². The SMILES string of the molecule is CCc1nc(-c2ccncn2)nc(Cl)c1I. The molecule has 6 heteroatoms. The first kappa shape index (κ1) is 11.7. The molecule has 0 spiro atoms. The van der Waals surface area contributed by atoms with Gasteiger partial charge in [-0.05, 0) is 35.1 Å². The third-order valence-corrected chi connectivity index (χ3v) is 3.75. The lowest BCUT2D eigenvalue weighted by molar-refractivity contribution is 0.979. The summed E-state index contributed by atoms with van der Waals surface area (Å²) in [6, 6.07) is 1.76. The second-order valence-corrected chi connectivity index (χ2v) is 4.48. The van der Waals surface area contributed by atoms with Crippen LogP contribution in [0.3, 0.4) is 0 Å². The van der Waals surface area contributed by atoms with Crippen LogP contribution in [0, 0.1) is 3.57 Å². The Balaban J connectivity index is 2.55. The lowest BCUT2D eigenvalue weighted by Crippen LogP contribution is -2.00. The smallest absolute Gasteiger partial charge is 0.180 e. The molecule has 0 fully saturated rings. The zero-order chi connectivity index (χ0) is 11.5. The molecule has 2 rings (SSSR count). The van der Waals surface area contributed by atoms with Crippen molar-refractivity contribution in [3.63, 3.8) is 0 Å². The summed E-state index contributed by atoms with van der Waals surface area (Å²) in [4.78, 5) is 16.6. The van der Waals surface area contributed by atoms with E-state index in [1.165, 1.54) is 6.33 Å². The third-order valence-electron chi connectivity index (χ3n) is 2.03. The van der Waals surface area contributed by atoms with E-state index in [2.05, 4.69) is 42.5 Å². The lowest BCUT2D eigenvalue weighted by Gasteiger charge is -2.05. The highest BCUT2D eigenvalue weighted by atomic mass is 127. The van der Waals surface area contributed by atoms with Gasteiger partial charge in [0, 0.05) is 6.20 Å². The molecule has 4 nitrogen and oxygen atoms in total. The Morgan fingerprint density at radius 3 is 2.81 bits per heavy atom. The number of aromatic nitrogens is 4. The highest BCUT2D eigenvalue weighted by molar-refractivity contribution is 14.1. The molecule has 0 aromatic carbocycles. The van der Waals surface area contributed by atoms with E-state index in [4.69, 9.17) is 11.6 Å². The second-order valence-electron chi connectivity index (χ2n) is 3.05. The van der Waals surface area contributed by atoms with Crippen molar-refractivity contribution in [1.82, 2.24) is 19.9 Å². The zero-order valence-electron chi connectivity index (χ0n) is 8.48. The van der Waals surface area contributed by atoms with Crippen molar-refractivity contribution >= 4 is 34.2 Å². The molecule has 0 atom stereocenters. The first-order valence-electron chi connectivity index (χ1n) is 4.70. The highest BCUT2D eigenvalue weighted by Crippen LogP contribution is 2.22. The third kappa shape index (κ3) is 2.30. The fraction of sp³-hybridized carbons (Fsp3) is 0.200. The highest BCUT2D eigenvalue weighted by Gasteiger charge is 2.11. The van der Waals surface area contributed by atoms with Gasteiger partial charge in [-0.1, -0.05) is 18.5 Å². The van der Waals surface area contributed by atoms with Gasteiger partial charge >= 0.3 is 0 Å². The molecule has 2 aromatic rings. The molecular weight excluding hydrogens is 338 g/mol. The van der Waals surface area contributed by atoms with Crippen LogP contribution in [0.25, 0.3) is 11.5 Å². The van der Waals surface area contributed by atoms with Crippen molar-refractivity contribution in [2.24, 2.45) is 0 Å². The minimum atomic E-state index is 0.473. The van der Waals surface area contributed by atoms with Gasteiger partial charge in [0.05, 0.1) is 9.26 Å². The van der Waals surface area contributed by atoms with E-state index in [9.17, 15) is 0 Å². The predicted octanol–water partition coefficient (Wildman–Crippen LogP) is 2.75. The Morgan fingerprint density at radius 2 is 2.19 bits per heavy atom. The van der Waals surface area contributed by atoms with E-state index < -0.39 is 0 Å². The van der Waals surface area contributed by atoms with Gasteiger partial charge in [0.1, 0.15) is 17.2 Å². The molecule has 0 saturated heterocycles. The average Bonchev–Trinajstić information content (AvgIpc) is 2.33. The quantitative estimate of drug-likeness (QED) is 0.620. The van der Waals surface area contributed by atoms with Gasteiger partial charge in [-0.2, -0.15) is 0 Å². The van der Waals surface area contributed by atoms with Crippen molar-refractivity contribution in [2.45, 2.75) is 13.3 Å². The number of nitrogens with zero attached hydrogens (tertiary/aromatic N) is 4. The van der Waals surface area contributed by atoms with Crippen molar-refractivity contribution in [1.29, 1.82) is 0 Å². The van der Waals surface area contributed by atoms with Gasteiger partial charge in [0.2, 0.25) is 0 Å². The Morgan fingerprint density at radius 1 is 1.38 bits per heavy atom. The lowest BCUT2D eigenvalue weighted by atomic mass is 10.3. The first-order valence-corrected chi connectivity index (χ1v) is 6.16. The van der Waals surface area contributed by atoms with Gasteiger partial charge < -0.3 is 0 Å². The topological polar surface area (TPSA) is 51.6 Å². The Kier molecular flexibility index (Phi) is 3.65. The van der Waals surface area contributed by atoms with Crippen LogP contribution in [0.5, 0.6) is 0 Å². The van der Waals surface area contributed by atoms with Crippen LogP contribution in [-0.2, 0) is 6.42 Å². The number of halogens is 2. The predicted molar refractivity (Wildman–Crippen MR) is 70.2 cm³/mol. The summed E-state index contributed by atoms with van der Waals surface area (Å²) in [7, 11) is 0. The summed E-state index contributed by atoms with van der Waals surface area (Å²) in [6.45, 7) is 2.03. The molecule has 0 bridgehead atoms. The molecule has 2 heterocycles. The van der Waals surface area contributed by atoms with Crippen molar-refractivity contribution in [3.05, 3.63) is 33.0 Å². The maximum absolute atomic E-state index is 6.05. The summed E-state index contributed by atoms with van der Waals surface area (Å²) in [5, 5.41) is 0.473. The molecule has 82 valence electrons. The van der Waals surface area contributed by atoms with Gasteiger partial charge in [0.15, 0.2) is 5.82 Å². The maximum Gasteiger partial charge on any atom is 0.180 e. The number of hydrogen-bond donors (Lipinski definition) is 0. The largest absolute Gasteiger partial charge is 0.245 e. The first-order chi connectivity index (χ1) is 7.72. The number of rotatable bonds is 2. The van der Waals surface area contributed by atoms with Crippen LogP contribution < -0.4 is 0 Å². The minimum absolute atomic E-state index is 0.473. The van der Waals surface area contributed by atoms with Crippen LogP contribution in [0.1, 0.15) is 12.6 Å². The fourth-order valence-electron chi connectivity index (χ4n) is 1.23. The van der Waals surface area contributed by atoms with Crippen LogP contribution >= 0.6 is 34.2 Å². The van der Waals surface area contributed by atoms with E-state index in [0.717, 1.165) is 15.7 Å². The average molecular weight is 347 g/mol. The molecule has 0 unspecified atom stereocenters. The summed E-state index contributed by atoms with van der Waals surface area (Å²) in [5.74, 6) is 0.546. The van der Waals surface area contributed by atoms with Gasteiger partial charge in [-0.15, -0.1) is 0 Å². The molecule has 0 aliphatic heterocycles. The van der Waals surface area contributed by atoms with Crippen LogP contribution in [-0.4, -0.2) is 19.9 Å². The van der Waals surface area contributed by atoms with Crippen molar-refractivity contribution in [2.75, 3.05) is 0 Å². The molecule has 16 heavy (non-hydrogen) atoms. The van der Waals surface area contributed by atoms with E-state index in [1.54, 1.807) is 12.3 Å². The minimum Gasteiger partial charge on any atom is -0.245 e. The van der Waals surface area contributed by atoms with Gasteiger partial charge in [-0.3, -0.25) is 0 Å². The van der Waals surface area contributed by atoms with Gasteiger partial charge in [-0.25, -0.2) is 19.9 Å². The molecular formula is C10H8ClIN4. The summed E-state index contributed by atoms with van der Waals surface area (Å²) < 4.78 is 0.902. The summed E-state index contributed by atoms with van der Waals surface area (Å²) >= 11 is 8.20. The Labute approximate surface area is 112 Å². The molecule has 0 aliphatic rings. The van der Waals surface area contributed by atoms with E-state index >= 15 is 0 Å². The van der Waals surface area contributed by atoms with Crippen molar-refractivity contribution in [3.8, 4) is 11.5 Å². The van der Waals surface area contributed by atoms with E-state index in [1.807, 2.05) is 6.92 Å². The zero-order valence-corrected chi connectivity index (χ0v) is 11.4. The standard InChI is InChI=1S/C10H8ClIN4/c1-2-6-8(12)9(11)16-10(15-6)7-3-4-13-5-14-7/h3-5H,2H2,1H3. The number of aryl methyl sites for hydroxylation is 1. The number of hydrogen-bond acceptors (Lipinski definition) is 4. The Bertz CT molecular complexity index is 504. The molecule has 2 aromatic heterocycles. The normalized spacial score (nSPS) is 10.4. The Hall–Kier alpha value is -0.820. The van der Waals surface area contributed by atoms with Crippen molar-refractivity contribution < 1.29 is 0 Å². The monoisotopic (exact) mass is 346 g/mol. The van der Waals surface area contributed by atoms with Crippen LogP contribution in [0.2, 0.25) is 5.15 Å². The molecule has 0 aliphatic carbocycles. The van der Waals surface area contributed by atoms with E-state index in [-0.39, 0.29) is 0 Å². The molecule has 0 saturated carbocycles. The molecule has 0 amide bonds.